The number of benzene rings is 5. The number of carbonyl (C=O) groups is 3. The van der Waals surface area contributed by atoms with Gasteiger partial charge in [-0.25, -0.2) is 4.79 Å². The van der Waals surface area contributed by atoms with E-state index >= 15 is 0 Å². The Balaban J connectivity index is 1.13. The number of thioether (sulfide) groups is 2. The first-order valence-corrected chi connectivity index (χ1v) is 18.0. The van der Waals surface area contributed by atoms with Crippen LogP contribution < -0.4 is 11.1 Å². The standard InChI is InChI=1S/C40H31N3O5S2/c41-33(24-12-4-1-5-13-24)37(44)42-34-38(45)43-35(40(46)48-36(25-14-6-2-7-15-25)26-16-8-3-9-17-26)32(23-49-39(34)43)50-27-20-21-29-28-18-10-11-19-30(28)47-31(29)22-27/h1-22,33-34,36,39H,23,41H2,(H,42,44)/t33-,34-,39-/m1/s1. The summed E-state index contributed by atoms with van der Waals surface area (Å²) in [6.45, 7) is 0. The molecular formula is C40H31N3O5S2. The molecule has 0 aliphatic carbocycles. The van der Waals surface area contributed by atoms with Crippen LogP contribution in [-0.2, 0) is 19.1 Å². The Morgan fingerprint density at radius 2 is 1.40 bits per heavy atom. The molecule has 2 aliphatic heterocycles. The van der Waals surface area contributed by atoms with Gasteiger partial charge in [-0.2, -0.15) is 0 Å². The fraction of sp³-hybridized carbons (Fsp3) is 0.125. The topological polar surface area (TPSA) is 115 Å². The van der Waals surface area contributed by atoms with E-state index in [1.165, 1.54) is 28.4 Å². The molecule has 0 bridgehead atoms. The van der Waals surface area contributed by atoms with Gasteiger partial charge < -0.3 is 20.2 Å². The maximum Gasteiger partial charge on any atom is 0.356 e. The van der Waals surface area contributed by atoms with E-state index in [9.17, 15) is 14.4 Å². The number of amides is 2. The van der Waals surface area contributed by atoms with Gasteiger partial charge in [0.05, 0.1) is 0 Å². The number of nitrogens with zero attached hydrogens (tertiary/aromatic N) is 1. The van der Waals surface area contributed by atoms with Crippen molar-refractivity contribution in [2.45, 2.75) is 28.5 Å². The highest BCUT2D eigenvalue weighted by molar-refractivity contribution is 8.06. The highest BCUT2D eigenvalue weighted by Gasteiger charge is 2.55. The summed E-state index contributed by atoms with van der Waals surface area (Å²) in [6.07, 6.45) is -0.709. The Labute approximate surface area is 296 Å². The molecule has 0 saturated carbocycles. The molecule has 8 rings (SSSR count). The highest BCUT2D eigenvalue weighted by atomic mass is 32.2. The second kappa shape index (κ2) is 13.5. The summed E-state index contributed by atoms with van der Waals surface area (Å²) >= 11 is 2.88. The largest absolute Gasteiger partial charge is 0.456 e. The number of esters is 1. The van der Waals surface area contributed by atoms with Gasteiger partial charge in [0.1, 0.15) is 34.3 Å². The van der Waals surface area contributed by atoms with Crippen LogP contribution in [0.3, 0.4) is 0 Å². The van der Waals surface area contributed by atoms with E-state index in [1.54, 1.807) is 12.1 Å². The van der Waals surface area contributed by atoms with E-state index in [-0.39, 0.29) is 5.70 Å². The van der Waals surface area contributed by atoms with Gasteiger partial charge >= 0.3 is 5.97 Å². The fourth-order valence-electron chi connectivity index (χ4n) is 6.37. The van der Waals surface area contributed by atoms with Crippen molar-refractivity contribution in [2.75, 3.05) is 5.75 Å². The molecule has 0 radical (unpaired) electrons. The van der Waals surface area contributed by atoms with E-state index in [2.05, 4.69) is 5.32 Å². The second-order valence-electron chi connectivity index (χ2n) is 12.0. The van der Waals surface area contributed by atoms with Crippen LogP contribution in [-0.4, -0.2) is 39.9 Å². The molecule has 50 heavy (non-hydrogen) atoms. The summed E-state index contributed by atoms with van der Waals surface area (Å²) in [4.78, 5) is 44.5. The van der Waals surface area contributed by atoms with Crippen LogP contribution in [0.4, 0.5) is 0 Å². The summed E-state index contributed by atoms with van der Waals surface area (Å²) in [5, 5.41) is 4.36. The highest BCUT2D eigenvalue weighted by Crippen LogP contribution is 2.47. The summed E-state index contributed by atoms with van der Waals surface area (Å²) < 4.78 is 12.4. The Bertz CT molecular complexity index is 2220. The van der Waals surface area contributed by atoms with Gasteiger partial charge in [0.15, 0.2) is 6.10 Å². The van der Waals surface area contributed by atoms with Crippen LogP contribution in [0.1, 0.15) is 28.8 Å². The minimum atomic E-state index is -0.941. The fourth-order valence-corrected chi connectivity index (χ4v) is 8.87. The maximum atomic E-state index is 14.4. The predicted molar refractivity (Wildman–Crippen MR) is 196 cm³/mol. The number of nitrogens with one attached hydrogen (secondary N) is 1. The zero-order chi connectivity index (χ0) is 34.2. The third kappa shape index (κ3) is 5.95. The first kappa shape index (κ1) is 31.9. The molecule has 1 saturated heterocycles. The van der Waals surface area contributed by atoms with Gasteiger partial charge in [0, 0.05) is 26.3 Å². The number of carbonyl (C=O) groups excluding carboxylic acids is 3. The molecule has 10 heteroatoms. The normalized spacial score (nSPS) is 17.8. The van der Waals surface area contributed by atoms with E-state index < -0.39 is 41.3 Å². The van der Waals surface area contributed by atoms with Crippen LogP contribution in [0.5, 0.6) is 0 Å². The van der Waals surface area contributed by atoms with Crippen LogP contribution in [0, 0.1) is 0 Å². The van der Waals surface area contributed by atoms with Crippen molar-refractivity contribution in [2.24, 2.45) is 5.73 Å². The lowest BCUT2D eigenvalue weighted by Crippen LogP contribution is -2.71. The number of β-lactam (4-membered cyclic amide) rings is 1. The molecule has 0 spiro atoms. The van der Waals surface area contributed by atoms with Gasteiger partial charge in [-0.15, -0.1) is 11.8 Å². The SMILES string of the molecule is N[C@@H](C(=O)N[C@@H]1C(=O)N2C(C(=O)OC(c3ccccc3)c3ccccc3)=C(Sc3ccc4c(c3)oc3ccccc34)CS[C@H]12)c1ccccc1. The number of hydrogen-bond donors (Lipinski definition) is 2. The number of para-hydroxylation sites is 1. The third-order valence-corrected chi connectivity index (χ3v) is 11.4. The predicted octanol–water partition coefficient (Wildman–Crippen LogP) is 7.32. The third-order valence-electron chi connectivity index (χ3n) is 8.89. The van der Waals surface area contributed by atoms with Crippen molar-refractivity contribution in [3.05, 3.63) is 161 Å². The number of rotatable bonds is 9. The molecular weight excluding hydrogens is 667 g/mol. The molecule has 2 aliphatic rings. The zero-order valence-electron chi connectivity index (χ0n) is 26.6. The molecule has 5 aromatic carbocycles. The van der Waals surface area contributed by atoms with Crippen LogP contribution >= 0.6 is 23.5 Å². The second-order valence-corrected chi connectivity index (χ2v) is 14.3. The summed E-state index contributed by atoms with van der Waals surface area (Å²) in [5.41, 5.74) is 10.2. The molecule has 1 aromatic heterocycles. The van der Waals surface area contributed by atoms with E-state index in [1.807, 2.05) is 121 Å². The van der Waals surface area contributed by atoms with E-state index in [0.717, 1.165) is 38.0 Å². The molecule has 3 atom stereocenters. The van der Waals surface area contributed by atoms with Gasteiger partial charge in [-0.3, -0.25) is 14.5 Å². The van der Waals surface area contributed by atoms with Gasteiger partial charge in [0.25, 0.3) is 5.91 Å². The molecule has 3 N–H and O–H groups in total. The van der Waals surface area contributed by atoms with Gasteiger partial charge in [-0.1, -0.05) is 121 Å². The molecule has 3 heterocycles. The Morgan fingerprint density at radius 1 is 0.800 bits per heavy atom. The Hall–Kier alpha value is -5.29. The van der Waals surface area contributed by atoms with Gasteiger partial charge in [-0.05, 0) is 41.0 Å². The van der Waals surface area contributed by atoms with Crippen molar-refractivity contribution in [1.29, 1.82) is 0 Å². The average molecular weight is 698 g/mol. The van der Waals surface area contributed by atoms with Crippen molar-refractivity contribution in [3.8, 4) is 0 Å². The van der Waals surface area contributed by atoms with E-state index in [0.29, 0.717) is 16.2 Å². The molecule has 8 nitrogen and oxygen atoms in total. The minimum absolute atomic E-state index is 0.170. The summed E-state index contributed by atoms with van der Waals surface area (Å²) in [5.74, 6) is -1.07. The monoisotopic (exact) mass is 697 g/mol. The molecule has 2 amide bonds. The number of fused-ring (bicyclic) bond motifs is 4. The lowest BCUT2D eigenvalue weighted by atomic mass is 10.0. The molecule has 6 aromatic rings. The molecule has 0 unspecified atom stereocenters. The molecule has 1 fully saturated rings. The lowest BCUT2D eigenvalue weighted by Gasteiger charge is -2.49. The summed E-state index contributed by atoms with van der Waals surface area (Å²) in [6, 6.07) is 40.1. The van der Waals surface area contributed by atoms with Crippen LogP contribution in [0.15, 0.2) is 153 Å². The van der Waals surface area contributed by atoms with Crippen molar-refractivity contribution in [3.63, 3.8) is 0 Å². The molecule has 248 valence electrons. The number of furan rings is 1. The van der Waals surface area contributed by atoms with Crippen molar-refractivity contribution >= 4 is 63.2 Å². The maximum absolute atomic E-state index is 14.4. The van der Waals surface area contributed by atoms with Crippen molar-refractivity contribution < 1.29 is 23.5 Å². The Morgan fingerprint density at radius 3 is 2.08 bits per heavy atom. The average Bonchev–Trinajstić information content (AvgIpc) is 3.54. The quantitative estimate of drug-likeness (QED) is 0.119. The first-order chi connectivity index (χ1) is 24.5. The first-order valence-electron chi connectivity index (χ1n) is 16.1. The summed E-state index contributed by atoms with van der Waals surface area (Å²) in [7, 11) is 0. The van der Waals surface area contributed by atoms with E-state index in [4.69, 9.17) is 14.9 Å². The van der Waals surface area contributed by atoms with Gasteiger partial charge in [0.2, 0.25) is 5.91 Å². The number of nitrogens with two attached hydrogens (primary N) is 1. The lowest BCUT2D eigenvalue weighted by molar-refractivity contribution is -0.154. The smallest absolute Gasteiger partial charge is 0.356 e. The van der Waals surface area contributed by atoms with Crippen LogP contribution in [0.2, 0.25) is 0 Å². The number of ether oxygens (including phenoxy) is 1. The Kier molecular flexibility index (Phi) is 8.66. The van der Waals surface area contributed by atoms with Crippen LogP contribution in [0.25, 0.3) is 21.9 Å². The number of hydrogen-bond acceptors (Lipinski definition) is 8. The zero-order valence-corrected chi connectivity index (χ0v) is 28.2. The van der Waals surface area contributed by atoms with Crippen molar-refractivity contribution in [1.82, 2.24) is 10.2 Å². The minimum Gasteiger partial charge on any atom is -0.456 e.